The molecule has 1 amide bonds. The van der Waals surface area contributed by atoms with E-state index in [0.717, 1.165) is 24.3 Å². The zero-order chi connectivity index (χ0) is 14.6. The molecule has 0 bridgehead atoms. The fourth-order valence-electron chi connectivity index (χ4n) is 2.11. The fourth-order valence-corrected chi connectivity index (χ4v) is 4.24. The summed E-state index contributed by atoms with van der Waals surface area (Å²) in [7, 11) is -2.01. The van der Waals surface area contributed by atoms with E-state index in [1.54, 1.807) is 12.1 Å². The molecule has 6 nitrogen and oxygen atoms in total. The molecule has 0 saturated carbocycles. The third-order valence-corrected chi connectivity index (χ3v) is 6.22. The Bertz CT molecular complexity index is 562. The Morgan fingerprint density at radius 3 is 2.95 bits per heavy atom. The van der Waals surface area contributed by atoms with Crippen molar-refractivity contribution in [3.05, 3.63) is 17.0 Å². The van der Waals surface area contributed by atoms with Gasteiger partial charge in [-0.1, -0.05) is 0 Å². The molecule has 1 aliphatic rings. The first-order valence-corrected chi connectivity index (χ1v) is 8.83. The summed E-state index contributed by atoms with van der Waals surface area (Å²) in [6.45, 7) is 1.35. The molecule has 2 rings (SSSR count). The van der Waals surface area contributed by atoms with Gasteiger partial charge in [-0.2, -0.15) is 0 Å². The molecule has 1 saturated heterocycles. The number of hydrogen-bond acceptors (Lipinski definition) is 5. The predicted molar refractivity (Wildman–Crippen MR) is 78.1 cm³/mol. The highest BCUT2D eigenvalue weighted by atomic mass is 32.2. The van der Waals surface area contributed by atoms with Gasteiger partial charge in [-0.3, -0.25) is 4.79 Å². The largest absolute Gasteiger partial charge is 0.351 e. The second-order valence-electron chi connectivity index (χ2n) is 4.70. The van der Waals surface area contributed by atoms with Gasteiger partial charge < -0.3 is 10.6 Å². The smallest absolute Gasteiger partial charge is 0.249 e. The standard InChI is InChI=1S/C12H19N3O3S2/c1-13-20(17,18)12-5-4-10(19-12)8-15-11(16)7-9-3-2-6-14-9/h4-5,9,13-14H,2-3,6-8H2,1H3,(H,15,16). The van der Waals surface area contributed by atoms with Crippen LogP contribution in [-0.2, 0) is 21.4 Å². The first-order chi connectivity index (χ1) is 9.51. The van der Waals surface area contributed by atoms with E-state index in [9.17, 15) is 13.2 Å². The highest BCUT2D eigenvalue weighted by molar-refractivity contribution is 7.91. The van der Waals surface area contributed by atoms with Crippen LogP contribution in [0.1, 0.15) is 24.1 Å². The summed E-state index contributed by atoms with van der Waals surface area (Å²) >= 11 is 1.17. The maximum absolute atomic E-state index is 11.8. The van der Waals surface area contributed by atoms with Gasteiger partial charge in [0.2, 0.25) is 15.9 Å². The summed E-state index contributed by atoms with van der Waals surface area (Å²) in [5.41, 5.74) is 0. The molecule has 1 aromatic rings. The van der Waals surface area contributed by atoms with Gasteiger partial charge in [0.1, 0.15) is 4.21 Å². The minimum absolute atomic E-state index is 0.00387. The van der Waals surface area contributed by atoms with Gasteiger partial charge in [0.05, 0.1) is 6.54 Å². The number of amides is 1. The van der Waals surface area contributed by atoms with Crippen molar-refractivity contribution in [1.82, 2.24) is 15.4 Å². The van der Waals surface area contributed by atoms with Gasteiger partial charge >= 0.3 is 0 Å². The number of carbonyl (C=O) groups is 1. The number of carbonyl (C=O) groups excluding carboxylic acids is 1. The summed E-state index contributed by atoms with van der Waals surface area (Å²) in [4.78, 5) is 12.6. The van der Waals surface area contributed by atoms with Crippen LogP contribution in [0.2, 0.25) is 0 Å². The van der Waals surface area contributed by atoms with Crippen LogP contribution in [0.25, 0.3) is 0 Å². The van der Waals surface area contributed by atoms with Crippen LogP contribution in [0.5, 0.6) is 0 Å². The van der Waals surface area contributed by atoms with Crippen molar-refractivity contribution in [3.63, 3.8) is 0 Å². The Balaban J connectivity index is 1.83. The Morgan fingerprint density at radius 2 is 2.30 bits per heavy atom. The van der Waals surface area contributed by atoms with Gasteiger partial charge in [-0.25, -0.2) is 13.1 Å². The van der Waals surface area contributed by atoms with Gasteiger partial charge in [-0.05, 0) is 38.6 Å². The average Bonchev–Trinajstić information content (AvgIpc) is 3.07. The first-order valence-electron chi connectivity index (χ1n) is 6.53. The molecular weight excluding hydrogens is 298 g/mol. The van der Waals surface area contributed by atoms with Gasteiger partial charge in [0, 0.05) is 17.3 Å². The average molecular weight is 317 g/mol. The summed E-state index contributed by atoms with van der Waals surface area (Å²) in [6, 6.07) is 3.55. The maximum Gasteiger partial charge on any atom is 0.249 e. The van der Waals surface area contributed by atoms with E-state index in [0.29, 0.717) is 13.0 Å². The second-order valence-corrected chi connectivity index (χ2v) is 7.98. The van der Waals surface area contributed by atoms with E-state index in [2.05, 4.69) is 15.4 Å². The molecule has 1 aliphatic heterocycles. The maximum atomic E-state index is 11.8. The summed E-state index contributed by atoms with van der Waals surface area (Å²) in [5, 5.41) is 6.10. The van der Waals surface area contributed by atoms with E-state index in [-0.39, 0.29) is 16.2 Å². The molecule has 0 spiro atoms. The Morgan fingerprint density at radius 1 is 1.50 bits per heavy atom. The van der Waals surface area contributed by atoms with Crippen molar-refractivity contribution in [3.8, 4) is 0 Å². The van der Waals surface area contributed by atoms with Crippen molar-refractivity contribution in [2.45, 2.75) is 36.1 Å². The summed E-state index contributed by atoms with van der Waals surface area (Å²) in [5.74, 6) is -0.00387. The fraction of sp³-hybridized carbons (Fsp3) is 0.583. The molecule has 0 radical (unpaired) electrons. The minimum Gasteiger partial charge on any atom is -0.351 e. The van der Waals surface area contributed by atoms with E-state index in [1.165, 1.54) is 18.4 Å². The normalized spacial score (nSPS) is 19.1. The van der Waals surface area contributed by atoms with E-state index < -0.39 is 10.0 Å². The van der Waals surface area contributed by atoms with Crippen LogP contribution in [-0.4, -0.2) is 34.0 Å². The van der Waals surface area contributed by atoms with Crippen LogP contribution in [0.4, 0.5) is 0 Å². The van der Waals surface area contributed by atoms with Gasteiger partial charge in [-0.15, -0.1) is 11.3 Å². The third kappa shape index (κ3) is 4.02. The zero-order valence-corrected chi connectivity index (χ0v) is 12.9. The van der Waals surface area contributed by atoms with Crippen LogP contribution in [0.15, 0.2) is 16.3 Å². The molecule has 0 aromatic carbocycles. The summed E-state index contributed by atoms with van der Waals surface area (Å²) in [6.07, 6.45) is 2.64. The van der Waals surface area contributed by atoms with E-state index >= 15 is 0 Å². The lowest BCUT2D eigenvalue weighted by molar-refractivity contribution is -0.121. The van der Waals surface area contributed by atoms with E-state index in [1.807, 2.05) is 0 Å². The van der Waals surface area contributed by atoms with Crippen molar-refractivity contribution < 1.29 is 13.2 Å². The van der Waals surface area contributed by atoms with E-state index in [4.69, 9.17) is 0 Å². The molecule has 1 unspecified atom stereocenters. The van der Waals surface area contributed by atoms with Gasteiger partial charge in [0.25, 0.3) is 0 Å². The lowest BCUT2D eigenvalue weighted by Crippen LogP contribution is -2.31. The monoisotopic (exact) mass is 317 g/mol. The number of nitrogens with one attached hydrogen (secondary N) is 3. The molecule has 1 aromatic heterocycles. The number of thiophene rings is 1. The van der Waals surface area contributed by atoms with Crippen molar-refractivity contribution >= 4 is 27.3 Å². The molecule has 2 heterocycles. The summed E-state index contributed by atoms with van der Waals surface area (Å²) < 4.78 is 25.7. The van der Waals surface area contributed by atoms with Gasteiger partial charge in [0.15, 0.2) is 0 Å². The SMILES string of the molecule is CNS(=O)(=O)c1ccc(CNC(=O)CC2CCCN2)s1. The quantitative estimate of drug-likeness (QED) is 0.709. The Labute approximate surface area is 123 Å². The Kier molecular flexibility index (Phi) is 5.14. The highest BCUT2D eigenvalue weighted by Gasteiger charge is 2.18. The first kappa shape index (κ1) is 15.4. The van der Waals surface area contributed by atoms with Crippen molar-refractivity contribution in [1.29, 1.82) is 0 Å². The molecule has 3 N–H and O–H groups in total. The second kappa shape index (κ2) is 6.66. The van der Waals surface area contributed by atoms with Crippen LogP contribution >= 0.6 is 11.3 Å². The third-order valence-electron chi connectivity index (χ3n) is 3.22. The molecule has 8 heteroatoms. The van der Waals surface area contributed by atoms with Crippen molar-refractivity contribution in [2.24, 2.45) is 0 Å². The molecule has 20 heavy (non-hydrogen) atoms. The van der Waals surface area contributed by atoms with Crippen LogP contribution in [0, 0.1) is 0 Å². The number of rotatable bonds is 6. The topological polar surface area (TPSA) is 87.3 Å². The van der Waals surface area contributed by atoms with Crippen LogP contribution < -0.4 is 15.4 Å². The molecule has 1 atom stereocenters. The lowest BCUT2D eigenvalue weighted by atomic mass is 10.1. The highest BCUT2D eigenvalue weighted by Crippen LogP contribution is 2.21. The zero-order valence-electron chi connectivity index (χ0n) is 11.3. The molecule has 112 valence electrons. The number of sulfonamides is 1. The molecule has 0 aliphatic carbocycles. The van der Waals surface area contributed by atoms with Crippen molar-refractivity contribution in [2.75, 3.05) is 13.6 Å². The Hall–Kier alpha value is -0.960. The van der Waals surface area contributed by atoms with Crippen LogP contribution in [0.3, 0.4) is 0 Å². The minimum atomic E-state index is -3.39. The lowest BCUT2D eigenvalue weighted by Gasteiger charge is -2.09. The molecular formula is C12H19N3O3S2. The predicted octanol–water partition coefficient (Wildman–Crippen LogP) is 0.414. The molecule has 1 fully saturated rings. The number of hydrogen-bond donors (Lipinski definition) is 3.